The maximum absolute atomic E-state index is 13.5. The highest BCUT2D eigenvalue weighted by atomic mass is 35.5. The van der Waals surface area contributed by atoms with Gasteiger partial charge in [0.1, 0.15) is 5.70 Å². The van der Waals surface area contributed by atoms with Crippen LogP contribution in [0.15, 0.2) is 48.2 Å². The highest BCUT2D eigenvalue weighted by Crippen LogP contribution is 2.36. The number of likely N-dealkylation sites (N-methyl/N-ethyl adjacent to an activating group) is 1. The SMILES string of the molecule is Cc1ccc(C2=C(N3CCN(C)CC3)C(=O)N(c3cccc(Cl)c3)C2=O)cc1C. The van der Waals surface area contributed by atoms with Gasteiger partial charge in [0.15, 0.2) is 0 Å². The van der Waals surface area contributed by atoms with Crippen LogP contribution >= 0.6 is 11.6 Å². The summed E-state index contributed by atoms with van der Waals surface area (Å²) in [6, 6.07) is 12.8. The smallest absolute Gasteiger partial charge is 0.282 e. The van der Waals surface area contributed by atoms with E-state index in [1.807, 2.05) is 32.0 Å². The molecular weight excluding hydrogens is 386 g/mol. The molecule has 0 spiro atoms. The molecule has 2 heterocycles. The second-order valence-corrected chi connectivity index (χ2v) is 8.17. The fourth-order valence-electron chi connectivity index (χ4n) is 3.85. The number of carbonyl (C=O) groups is 2. The van der Waals surface area contributed by atoms with Gasteiger partial charge in [0.05, 0.1) is 11.3 Å². The fourth-order valence-corrected chi connectivity index (χ4v) is 4.03. The number of amides is 2. The predicted molar refractivity (Wildman–Crippen MR) is 116 cm³/mol. The van der Waals surface area contributed by atoms with E-state index in [-0.39, 0.29) is 11.8 Å². The first kappa shape index (κ1) is 19.7. The molecule has 0 atom stereocenters. The number of nitrogens with zero attached hydrogens (tertiary/aromatic N) is 3. The van der Waals surface area contributed by atoms with Crippen molar-refractivity contribution in [1.82, 2.24) is 9.80 Å². The summed E-state index contributed by atoms with van der Waals surface area (Å²) < 4.78 is 0. The summed E-state index contributed by atoms with van der Waals surface area (Å²) in [5.74, 6) is -0.579. The van der Waals surface area contributed by atoms with Gasteiger partial charge >= 0.3 is 0 Å². The number of piperazine rings is 1. The molecule has 2 aromatic rings. The largest absolute Gasteiger partial charge is 0.364 e. The summed E-state index contributed by atoms with van der Waals surface area (Å²) in [6.07, 6.45) is 0. The Morgan fingerprint density at radius 3 is 2.24 bits per heavy atom. The lowest BCUT2D eigenvalue weighted by atomic mass is 9.99. The number of rotatable bonds is 3. The lowest BCUT2D eigenvalue weighted by Gasteiger charge is -2.34. The Labute approximate surface area is 176 Å². The molecule has 0 saturated carbocycles. The third-order valence-corrected chi connectivity index (χ3v) is 5.98. The molecule has 0 aromatic heterocycles. The predicted octanol–water partition coefficient (Wildman–Crippen LogP) is 3.49. The highest BCUT2D eigenvalue weighted by Gasteiger charge is 2.43. The number of benzene rings is 2. The van der Waals surface area contributed by atoms with Crippen molar-refractivity contribution in [3.05, 3.63) is 69.9 Å². The molecule has 5 nitrogen and oxygen atoms in total. The summed E-state index contributed by atoms with van der Waals surface area (Å²) in [6.45, 7) is 7.18. The van der Waals surface area contributed by atoms with E-state index in [1.165, 1.54) is 4.90 Å². The number of imide groups is 1. The minimum Gasteiger partial charge on any atom is -0.364 e. The van der Waals surface area contributed by atoms with Crippen LogP contribution in [0.3, 0.4) is 0 Å². The monoisotopic (exact) mass is 409 g/mol. The van der Waals surface area contributed by atoms with Crippen molar-refractivity contribution in [3.63, 3.8) is 0 Å². The number of aryl methyl sites for hydroxylation is 2. The minimum absolute atomic E-state index is 0.282. The molecule has 0 bridgehead atoms. The van der Waals surface area contributed by atoms with Gasteiger partial charge in [-0.15, -0.1) is 0 Å². The van der Waals surface area contributed by atoms with Gasteiger partial charge in [-0.1, -0.05) is 35.9 Å². The molecule has 2 amide bonds. The van der Waals surface area contributed by atoms with Crippen LogP contribution in [0.1, 0.15) is 16.7 Å². The van der Waals surface area contributed by atoms with E-state index in [1.54, 1.807) is 24.3 Å². The zero-order chi connectivity index (χ0) is 20.7. The van der Waals surface area contributed by atoms with E-state index < -0.39 is 0 Å². The summed E-state index contributed by atoms with van der Waals surface area (Å²) >= 11 is 6.13. The first-order valence-electron chi connectivity index (χ1n) is 9.76. The van der Waals surface area contributed by atoms with Crippen molar-refractivity contribution in [2.75, 3.05) is 38.1 Å². The zero-order valence-electron chi connectivity index (χ0n) is 16.9. The van der Waals surface area contributed by atoms with Crippen LogP contribution in [-0.4, -0.2) is 54.8 Å². The molecule has 2 aliphatic rings. The molecule has 1 saturated heterocycles. The quantitative estimate of drug-likeness (QED) is 0.728. The van der Waals surface area contributed by atoms with E-state index in [4.69, 9.17) is 11.6 Å². The lowest BCUT2D eigenvalue weighted by molar-refractivity contribution is -0.120. The Morgan fingerprint density at radius 2 is 1.59 bits per heavy atom. The van der Waals surface area contributed by atoms with Gasteiger partial charge in [0.25, 0.3) is 11.8 Å². The number of anilines is 1. The standard InChI is InChI=1S/C23H24ClN3O2/c1-15-7-8-17(13-16(15)2)20-21(26-11-9-25(3)10-12-26)23(29)27(22(20)28)19-6-4-5-18(24)14-19/h4-8,13-14H,9-12H2,1-3H3. The van der Waals surface area contributed by atoms with Crippen molar-refractivity contribution < 1.29 is 9.59 Å². The Morgan fingerprint density at radius 1 is 0.862 bits per heavy atom. The second kappa shape index (κ2) is 7.65. The Bertz CT molecular complexity index is 1020. The average molecular weight is 410 g/mol. The first-order chi connectivity index (χ1) is 13.9. The number of hydrogen-bond donors (Lipinski definition) is 0. The van der Waals surface area contributed by atoms with E-state index in [2.05, 4.69) is 16.8 Å². The van der Waals surface area contributed by atoms with Crippen molar-refractivity contribution in [2.45, 2.75) is 13.8 Å². The zero-order valence-corrected chi connectivity index (χ0v) is 17.7. The molecule has 150 valence electrons. The van der Waals surface area contributed by atoms with Gasteiger partial charge < -0.3 is 9.80 Å². The second-order valence-electron chi connectivity index (χ2n) is 7.74. The van der Waals surface area contributed by atoms with E-state index >= 15 is 0 Å². The lowest BCUT2D eigenvalue weighted by Crippen LogP contribution is -2.46. The van der Waals surface area contributed by atoms with Gasteiger partial charge in [-0.25, -0.2) is 4.90 Å². The third kappa shape index (κ3) is 3.56. The number of carbonyl (C=O) groups excluding carboxylic acids is 2. The Hall–Kier alpha value is -2.63. The fraction of sp³-hybridized carbons (Fsp3) is 0.304. The molecule has 0 N–H and O–H groups in total. The van der Waals surface area contributed by atoms with Crippen molar-refractivity contribution in [1.29, 1.82) is 0 Å². The maximum atomic E-state index is 13.5. The molecule has 4 rings (SSSR count). The van der Waals surface area contributed by atoms with Crippen LogP contribution < -0.4 is 4.90 Å². The summed E-state index contributed by atoms with van der Waals surface area (Å²) in [5.41, 5.74) is 4.49. The van der Waals surface area contributed by atoms with Crippen LogP contribution in [0.4, 0.5) is 5.69 Å². The van der Waals surface area contributed by atoms with Crippen molar-refractivity contribution >= 4 is 34.7 Å². The normalized spacial score (nSPS) is 18.2. The van der Waals surface area contributed by atoms with Crippen LogP contribution in [-0.2, 0) is 9.59 Å². The first-order valence-corrected chi connectivity index (χ1v) is 10.1. The number of hydrogen-bond acceptors (Lipinski definition) is 4. The van der Waals surface area contributed by atoms with Crippen molar-refractivity contribution in [3.8, 4) is 0 Å². The van der Waals surface area contributed by atoms with Gasteiger partial charge in [-0.2, -0.15) is 0 Å². The molecule has 1 fully saturated rings. The molecule has 29 heavy (non-hydrogen) atoms. The summed E-state index contributed by atoms with van der Waals surface area (Å²) in [4.78, 5) is 32.5. The third-order valence-electron chi connectivity index (χ3n) is 5.74. The molecule has 2 aliphatic heterocycles. The van der Waals surface area contributed by atoms with Gasteiger partial charge in [0, 0.05) is 31.2 Å². The van der Waals surface area contributed by atoms with Crippen LogP contribution in [0.2, 0.25) is 5.02 Å². The van der Waals surface area contributed by atoms with E-state index in [9.17, 15) is 9.59 Å². The minimum atomic E-state index is -0.297. The van der Waals surface area contributed by atoms with Crippen LogP contribution in [0.25, 0.3) is 5.57 Å². The maximum Gasteiger partial charge on any atom is 0.282 e. The molecule has 0 unspecified atom stereocenters. The van der Waals surface area contributed by atoms with Gasteiger partial charge in [-0.05, 0) is 55.8 Å². The Kier molecular flexibility index (Phi) is 5.19. The summed E-state index contributed by atoms with van der Waals surface area (Å²) in [5, 5.41) is 0.490. The van der Waals surface area contributed by atoms with Crippen LogP contribution in [0, 0.1) is 13.8 Å². The molecule has 2 aromatic carbocycles. The highest BCUT2D eigenvalue weighted by molar-refractivity contribution is 6.45. The van der Waals surface area contributed by atoms with Crippen molar-refractivity contribution in [2.24, 2.45) is 0 Å². The molecule has 0 aliphatic carbocycles. The van der Waals surface area contributed by atoms with Crippen LogP contribution in [0.5, 0.6) is 0 Å². The topological polar surface area (TPSA) is 43.9 Å². The molecular formula is C23H24ClN3O2. The van der Waals surface area contributed by atoms with Gasteiger partial charge in [-0.3, -0.25) is 9.59 Å². The van der Waals surface area contributed by atoms with Gasteiger partial charge in [0.2, 0.25) is 0 Å². The Balaban J connectivity index is 1.83. The molecule has 0 radical (unpaired) electrons. The summed E-state index contributed by atoms with van der Waals surface area (Å²) in [7, 11) is 2.07. The molecule has 6 heteroatoms. The number of halogens is 1. The average Bonchev–Trinajstić information content (AvgIpc) is 2.95. The van der Waals surface area contributed by atoms with E-state index in [0.29, 0.717) is 35.1 Å². The van der Waals surface area contributed by atoms with E-state index in [0.717, 1.165) is 29.8 Å².